The highest BCUT2D eigenvalue weighted by Crippen LogP contribution is 2.21. The van der Waals surface area contributed by atoms with Crippen molar-refractivity contribution in [1.29, 1.82) is 0 Å². The number of oxazole rings is 1. The number of hydrogen-bond acceptors (Lipinski definition) is 6. The maximum atomic E-state index is 12.6. The summed E-state index contributed by atoms with van der Waals surface area (Å²) in [6.07, 6.45) is 5.11. The van der Waals surface area contributed by atoms with Crippen molar-refractivity contribution in [3.63, 3.8) is 0 Å². The molecule has 1 aliphatic rings. The Balaban J connectivity index is 1.50. The van der Waals surface area contributed by atoms with Gasteiger partial charge < -0.3 is 9.15 Å². The molecular weight excluding hydrogens is 360 g/mol. The van der Waals surface area contributed by atoms with E-state index in [1.807, 2.05) is 0 Å². The van der Waals surface area contributed by atoms with Gasteiger partial charge in [-0.2, -0.15) is 5.10 Å². The highest BCUT2D eigenvalue weighted by molar-refractivity contribution is 7.92. The van der Waals surface area contributed by atoms with Gasteiger partial charge in [-0.25, -0.2) is 13.2 Å². The number of benzene rings is 1. The first-order valence-corrected chi connectivity index (χ1v) is 9.74. The number of rotatable bonds is 5. The van der Waals surface area contributed by atoms with Gasteiger partial charge in [0, 0.05) is 26.0 Å². The lowest BCUT2D eigenvalue weighted by molar-refractivity contribution is 0.0601. The fourth-order valence-corrected chi connectivity index (χ4v) is 4.08. The predicted molar refractivity (Wildman–Crippen MR) is 93.4 cm³/mol. The van der Waals surface area contributed by atoms with E-state index < -0.39 is 15.8 Å². The number of fused-ring (bicyclic) bond motifs is 1. The molecule has 3 aromatic rings. The normalized spacial score (nSPS) is 16.2. The van der Waals surface area contributed by atoms with Crippen LogP contribution in [0.5, 0.6) is 0 Å². The summed E-state index contributed by atoms with van der Waals surface area (Å²) in [5.74, 6) is -0.148. The number of aromatic nitrogens is 3. The van der Waals surface area contributed by atoms with Crippen molar-refractivity contribution in [2.75, 3.05) is 17.9 Å². The topological polar surface area (TPSA) is 119 Å². The second-order valence-corrected chi connectivity index (χ2v) is 7.97. The van der Waals surface area contributed by atoms with Gasteiger partial charge in [-0.3, -0.25) is 14.4 Å². The third-order valence-electron chi connectivity index (χ3n) is 4.37. The molecule has 1 saturated heterocycles. The quantitative estimate of drug-likeness (QED) is 0.695. The monoisotopic (exact) mass is 378 g/mol. The van der Waals surface area contributed by atoms with Crippen molar-refractivity contribution in [2.24, 2.45) is 5.92 Å². The Morgan fingerprint density at radius 1 is 1.31 bits per heavy atom. The first-order valence-electron chi connectivity index (χ1n) is 8.25. The second-order valence-electron chi connectivity index (χ2n) is 6.28. The highest BCUT2D eigenvalue weighted by atomic mass is 32.2. The Morgan fingerprint density at radius 3 is 2.92 bits per heavy atom. The summed E-state index contributed by atoms with van der Waals surface area (Å²) in [6.45, 7) is 2.24. The minimum atomic E-state index is -3.80. The zero-order valence-electron chi connectivity index (χ0n) is 13.8. The molecule has 0 aliphatic carbocycles. The summed E-state index contributed by atoms with van der Waals surface area (Å²) in [5.41, 5.74) is 1.02. The third-order valence-corrected chi connectivity index (χ3v) is 5.75. The SMILES string of the molecule is O=c1[nH]c2cc(S(=O)(=O)Nc3cnn(CC4CCOCC4)c3)ccc2o1. The molecule has 26 heavy (non-hydrogen) atoms. The van der Waals surface area contributed by atoms with E-state index >= 15 is 0 Å². The Labute approximate surface area is 149 Å². The van der Waals surface area contributed by atoms with Gasteiger partial charge in [-0.15, -0.1) is 0 Å². The van der Waals surface area contributed by atoms with E-state index in [0.29, 0.717) is 22.7 Å². The summed E-state index contributed by atoms with van der Waals surface area (Å²) in [7, 11) is -3.80. The molecule has 138 valence electrons. The van der Waals surface area contributed by atoms with Gasteiger partial charge in [0.2, 0.25) is 0 Å². The second kappa shape index (κ2) is 6.61. The van der Waals surface area contributed by atoms with Crippen LogP contribution in [0.2, 0.25) is 0 Å². The minimum Gasteiger partial charge on any atom is -0.408 e. The number of anilines is 1. The highest BCUT2D eigenvalue weighted by Gasteiger charge is 2.18. The Hall–Kier alpha value is -2.59. The molecule has 0 unspecified atom stereocenters. The van der Waals surface area contributed by atoms with E-state index in [1.54, 1.807) is 10.9 Å². The number of sulfonamides is 1. The van der Waals surface area contributed by atoms with Crippen molar-refractivity contribution in [3.05, 3.63) is 41.1 Å². The molecule has 1 fully saturated rings. The average Bonchev–Trinajstić information content (AvgIpc) is 3.19. The smallest absolute Gasteiger partial charge is 0.408 e. The molecule has 0 amide bonds. The largest absolute Gasteiger partial charge is 0.417 e. The van der Waals surface area contributed by atoms with E-state index in [-0.39, 0.29) is 4.90 Å². The maximum absolute atomic E-state index is 12.6. The minimum absolute atomic E-state index is 0.0271. The summed E-state index contributed by atoms with van der Waals surface area (Å²) in [4.78, 5) is 13.7. The molecule has 3 heterocycles. The van der Waals surface area contributed by atoms with Crippen molar-refractivity contribution >= 4 is 26.8 Å². The van der Waals surface area contributed by atoms with Crippen molar-refractivity contribution in [2.45, 2.75) is 24.3 Å². The van der Waals surface area contributed by atoms with Crippen LogP contribution in [0, 0.1) is 5.92 Å². The van der Waals surface area contributed by atoms with Crippen LogP contribution in [-0.2, 0) is 21.3 Å². The average molecular weight is 378 g/mol. The predicted octanol–water partition coefficient (Wildman–Crippen LogP) is 1.54. The van der Waals surface area contributed by atoms with Crippen LogP contribution in [-0.4, -0.2) is 36.4 Å². The number of nitrogens with one attached hydrogen (secondary N) is 2. The fraction of sp³-hybridized carbons (Fsp3) is 0.375. The van der Waals surface area contributed by atoms with Gasteiger partial charge in [0.15, 0.2) is 5.58 Å². The molecule has 10 heteroatoms. The van der Waals surface area contributed by atoms with Crippen LogP contribution in [0.3, 0.4) is 0 Å². The molecule has 0 radical (unpaired) electrons. The molecule has 0 bridgehead atoms. The number of ether oxygens (including phenoxy) is 1. The van der Waals surface area contributed by atoms with E-state index in [9.17, 15) is 13.2 Å². The molecule has 0 atom stereocenters. The van der Waals surface area contributed by atoms with Gasteiger partial charge in [0.25, 0.3) is 10.0 Å². The standard InChI is InChI=1S/C16H18N4O5S/c21-16-18-14-7-13(1-2-15(14)25-16)26(22,23)19-12-8-17-20(10-12)9-11-3-5-24-6-4-11/h1-2,7-8,10-11,19H,3-6,9H2,(H,18,21). The van der Waals surface area contributed by atoms with Gasteiger partial charge in [-0.1, -0.05) is 0 Å². The van der Waals surface area contributed by atoms with Crippen molar-refractivity contribution in [1.82, 2.24) is 14.8 Å². The van der Waals surface area contributed by atoms with Gasteiger partial charge in [-0.05, 0) is 37.0 Å². The lowest BCUT2D eigenvalue weighted by atomic mass is 10.0. The molecule has 2 aromatic heterocycles. The Kier molecular flexibility index (Phi) is 4.29. The zero-order valence-corrected chi connectivity index (χ0v) is 14.7. The van der Waals surface area contributed by atoms with Gasteiger partial charge in [0.1, 0.15) is 0 Å². The summed E-state index contributed by atoms with van der Waals surface area (Å²) < 4.78 is 39.6. The molecule has 2 N–H and O–H groups in total. The van der Waals surface area contributed by atoms with Gasteiger partial charge >= 0.3 is 5.76 Å². The van der Waals surface area contributed by atoms with E-state index in [4.69, 9.17) is 9.15 Å². The fourth-order valence-electron chi connectivity index (χ4n) is 3.02. The van der Waals surface area contributed by atoms with Crippen LogP contribution in [0.15, 0.2) is 44.7 Å². The Morgan fingerprint density at radius 2 is 2.12 bits per heavy atom. The van der Waals surface area contributed by atoms with Crippen molar-refractivity contribution < 1.29 is 17.6 Å². The van der Waals surface area contributed by atoms with Crippen LogP contribution in [0.25, 0.3) is 11.1 Å². The molecule has 4 rings (SSSR count). The maximum Gasteiger partial charge on any atom is 0.417 e. The first kappa shape index (κ1) is 16.9. The van der Waals surface area contributed by atoms with E-state index in [2.05, 4.69) is 14.8 Å². The number of H-pyrrole nitrogens is 1. The van der Waals surface area contributed by atoms with Crippen LogP contribution in [0.4, 0.5) is 5.69 Å². The van der Waals surface area contributed by atoms with E-state index in [0.717, 1.165) is 32.6 Å². The number of hydrogen-bond donors (Lipinski definition) is 2. The molecule has 0 saturated carbocycles. The number of aromatic amines is 1. The van der Waals surface area contributed by atoms with Crippen molar-refractivity contribution in [3.8, 4) is 0 Å². The number of nitrogens with zero attached hydrogens (tertiary/aromatic N) is 2. The van der Waals surface area contributed by atoms with Crippen LogP contribution >= 0.6 is 0 Å². The van der Waals surface area contributed by atoms with E-state index in [1.165, 1.54) is 24.4 Å². The summed E-state index contributed by atoms with van der Waals surface area (Å²) in [6, 6.07) is 4.18. The molecular formula is C16H18N4O5S. The van der Waals surface area contributed by atoms with Crippen LogP contribution in [0.1, 0.15) is 12.8 Å². The lowest BCUT2D eigenvalue weighted by Crippen LogP contribution is -2.20. The lowest BCUT2D eigenvalue weighted by Gasteiger charge is -2.21. The van der Waals surface area contributed by atoms with Crippen LogP contribution < -0.4 is 10.5 Å². The first-order chi connectivity index (χ1) is 12.5. The summed E-state index contributed by atoms with van der Waals surface area (Å²) in [5, 5.41) is 4.23. The Bertz CT molecular complexity index is 1080. The molecule has 1 aliphatic heterocycles. The summed E-state index contributed by atoms with van der Waals surface area (Å²) >= 11 is 0. The van der Waals surface area contributed by atoms with Gasteiger partial charge in [0.05, 0.1) is 22.3 Å². The molecule has 9 nitrogen and oxygen atoms in total. The third kappa shape index (κ3) is 3.51. The zero-order chi connectivity index (χ0) is 18.1. The molecule has 0 spiro atoms. The molecule has 1 aromatic carbocycles.